The summed E-state index contributed by atoms with van der Waals surface area (Å²) in [5, 5.41) is 9.61. The number of carbonyl (C=O) groups is 2. The fourth-order valence-electron chi connectivity index (χ4n) is 3.26. The number of nitrogens with one attached hydrogen (secondary N) is 1. The molecule has 0 aliphatic heterocycles. The number of carboxylic acids is 1. The summed E-state index contributed by atoms with van der Waals surface area (Å²) < 4.78 is 16.2. The average Bonchev–Trinajstić information content (AvgIpc) is 3.45. The highest BCUT2D eigenvalue weighted by Gasteiger charge is 2.37. The number of aromatic nitrogens is 1. The van der Waals surface area contributed by atoms with Crippen LogP contribution in [0.25, 0.3) is 11.1 Å². The van der Waals surface area contributed by atoms with Gasteiger partial charge >= 0.3 is 5.97 Å². The Morgan fingerprint density at radius 1 is 1.15 bits per heavy atom. The van der Waals surface area contributed by atoms with Gasteiger partial charge in [-0.1, -0.05) is 0 Å². The second-order valence-corrected chi connectivity index (χ2v) is 6.26. The molecule has 8 heteroatoms. The summed E-state index contributed by atoms with van der Waals surface area (Å²) in [5.41, 5.74) is 7.23. The summed E-state index contributed by atoms with van der Waals surface area (Å²) in [6.45, 7) is 0.0328. The highest BCUT2D eigenvalue weighted by atomic mass is 16.5. The van der Waals surface area contributed by atoms with Gasteiger partial charge in [0.1, 0.15) is 5.69 Å². The van der Waals surface area contributed by atoms with E-state index in [0.717, 1.165) is 12.8 Å². The summed E-state index contributed by atoms with van der Waals surface area (Å²) in [5.74, 6) is -0.420. The van der Waals surface area contributed by atoms with Crippen LogP contribution in [0.5, 0.6) is 17.2 Å². The quantitative estimate of drug-likeness (QED) is 0.606. The van der Waals surface area contributed by atoms with Crippen LogP contribution in [0.4, 0.5) is 0 Å². The lowest BCUT2D eigenvalue weighted by Gasteiger charge is -2.17. The maximum Gasteiger partial charge on any atom is 0.353 e. The van der Waals surface area contributed by atoms with Crippen molar-refractivity contribution in [2.45, 2.75) is 19.4 Å². The van der Waals surface area contributed by atoms with Crippen LogP contribution in [-0.4, -0.2) is 43.2 Å². The smallest absolute Gasteiger partial charge is 0.353 e. The van der Waals surface area contributed by atoms with Gasteiger partial charge in [0.25, 0.3) is 0 Å². The van der Waals surface area contributed by atoms with Crippen molar-refractivity contribution in [3.05, 3.63) is 29.1 Å². The maximum absolute atomic E-state index is 12.9. The summed E-state index contributed by atoms with van der Waals surface area (Å²) in [6.07, 6.45) is 1.51. The van der Waals surface area contributed by atoms with Crippen LogP contribution in [-0.2, 0) is 6.54 Å². The first-order valence-electron chi connectivity index (χ1n) is 8.50. The Kier molecular flexibility index (Phi) is 5.09. The number of Topliss-reactive ketones (excluding diaryl/α,β-unsaturated/α-hetero) is 1. The van der Waals surface area contributed by atoms with Crippen LogP contribution in [0.1, 0.15) is 39.4 Å². The molecule has 2 aromatic rings. The number of aromatic amines is 1. The maximum atomic E-state index is 12.9. The molecule has 1 heterocycles. The van der Waals surface area contributed by atoms with Gasteiger partial charge in [0, 0.05) is 29.3 Å². The summed E-state index contributed by atoms with van der Waals surface area (Å²) >= 11 is 0. The van der Waals surface area contributed by atoms with E-state index in [-0.39, 0.29) is 29.5 Å². The Morgan fingerprint density at radius 2 is 1.81 bits per heavy atom. The van der Waals surface area contributed by atoms with E-state index in [0.29, 0.717) is 34.1 Å². The third-order valence-corrected chi connectivity index (χ3v) is 4.66. The molecule has 3 rings (SSSR count). The predicted molar refractivity (Wildman–Crippen MR) is 97.8 cm³/mol. The zero-order valence-electron chi connectivity index (χ0n) is 15.4. The monoisotopic (exact) mass is 374 g/mol. The number of benzene rings is 1. The summed E-state index contributed by atoms with van der Waals surface area (Å²) in [7, 11) is 4.45. The number of ether oxygens (including phenoxy) is 3. The Hall–Kier alpha value is -3.00. The average molecular weight is 374 g/mol. The fraction of sp³-hybridized carbons (Fsp3) is 0.368. The molecule has 0 saturated heterocycles. The fourth-order valence-corrected chi connectivity index (χ4v) is 3.26. The molecule has 8 nitrogen and oxygen atoms in total. The van der Waals surface area contributed by atoms with Gasteiger partial charge in [0.15, 0.2) is 17.3 Å². The normalized spacial score (nSPS) is 13.3. The SMILES string of the molecule is COc1ccc(-c2c(CN)[nH]c(C(=O)O)c2C(=O)C2CC2)c(OC)c1OC. The van der Waals surface area contributed by atoms with E-state index in [1.54, 1.807) is 12.1 Å². The molecule has 27 heavy (non-hydrogen) atoms. The molecular formula is C19H22N2O6. The highest BCUT2D eigenvalue weighted by molar-refractivity contribution is 6.12. The topological polar surface area (TPSA) is 124 Å². The molecule has 1 aliphatic carbocycles. The van der Waals surface area contributed by atoms with Gasteiger partial charge in [-0.25, -0.2) is 4.79 Å². The zero-order chi connectivity index (χ0) is 19.7. The molecule has 0 unspecified atom stereocenters. The number of H-pyrrole nitrogens is 1. The number of hydrogen-bond acceptors (Lipinski definition) is 6. The van der Waals surface area contributed by atoms with E-state index in [1.807, 2.05) is 0 Å². The number of nitrogens with two attached hydrogens (primary N) is 1. The van der Waals surface area contributed by atoms with Crippen LogP contribution in [0.2, 0.25) is 0 Å². The molecule has 144 valence electrons. The van der Waals surface area contributed by atoms with Gasteiger partial charge < -0.3 is 30.0 Å². The van der Waals surface area contributed by atoms with E-state index in [4.69, 9.17) is 19.9 Å². The van der Waals surface area contributed by atoms with E-state index in [1.165, 1.54) is 21.3 Å². The molecule has 1 saturated carbocycles. The second kappa shape index (κ2) is 7.32. The number of aromatic carboxylic acids is 1. The molecule has 0 bridgehead atoms. The van der Waals surface area contributed by atoms with Crippen molar-refractivity contribution in [1.82, 2.24) is 4.98 Å². The van der Waals surface area contributed by atoms with Crippen molar-refractivity contribution in [2.75, 3.05) is 21.3 Å². The summed E-state index contributed by atoms with van der Waals surface area (Å²) in [6, 6.07) is 3.38. The molecule has 1 aromatic carbocycles. The van der Waals surface area contributed by atoms with Crippen molar-refractivity contribution in [3.8, 4) is 28.4 Å². The van der Waals surface area contributed by atoms with Crippen LogP contribution in [0.15, 0.2) is 12.1 Å². The van der Waals surface area contributed by atoms with E-state index >= 15 is 0 Å². The number of methoxy groups -OCH3 is 3. The first-order chi connectivity index (χ1) is 13.0. The standard InChI is InChI=1S/C19H22N2O6/c1-25-12-7-6-10(17(26-2)18(12)27-3)13-11(8-20)21-15(19(23)24)14(13)16(22)9-4-5-9/h6-7,9,21H,4-5,8,20H2,1-3H3,(H,23,24). The first kappa shape index (κ1) is 18.8. The van der Waals surface area contributed by atoms with Gasteiger partial charge in [-0.3, -0.25) is 4.79 Å². The van der Waals surface area contributed by atoms with Crippen molar-refractivity contribution < 1.29 is 28.9 Å². The zero-order valence-corrected chi connectivity index (χ0v) is 15.4. The Bertz CT molecular complexity index is 898. The van der Waals surface area contributed by atoms with E-state index in [2.05, 4.69) is 4.98 Å². The summed E-state index contributed by atoms with van der Waals surface area (Å²) in [4.78, 5) is 27.5. The van der Waals surface area contributed by atoms with Crippen LogP contribution < -0.4 is 19.9 Å². The third kappa shape index (κ3) is 3.12. The number of ketones is 1. The number of carboxylic acid groups (broad SMARTS) is 1. The first-order valence-corrected chi connectivity index (χ1v) is 8.50. The molecule has 0 radical (unpaired) electrons. The van der Waals surface area contributed by atoms with Crippen LogP contribution in [0.3, 0.4) is 0 Å². The molecule has 1 fully saturated rings. The van der Waals surface area contributed by atoms with Crippen molar-refractivity contribution in [1.29, 1.82) is 0 Å². The molecule has 4 N–H and O–H groups in total. The van der Waals surface area contributed by atoms with Crippen molar-refractivity contribution in [2.24, 2.45) is 11.7 Å². The Balaban J connectivity index is 2.34. The highest BCUT2D eigenvalue weighted by Crippen LogP contribution is 2.47. The minimum atomic E-state index is -1.21. The second-order valence-electron chi connectivity index (χ2n) is 6.26. The third-order valence-electron chi connectivity index (χ3n) is 4.66. The number of carbonyl (C=O) groups excluding carboxylic acids is 1. The molecule has 1 aromatic heterocycles. The van der Waals surface area contributed by atoms with Gasteiger partial charge in [-0.15, -0.1) is 0 Å². The van der Waals surface area contributed by atoms with E-state index < -0.39 is 5.97 Å². The van der Waals surface area contributed by atoms with E-state index in [9.17, 15) is 14.7 Å². The van der Waals surface area contributed by atoms with Crippen molar-refractivity contribution >= 4 is 11.8 Å². The minimum absolute atomic E-state index is 0.0328. The minimum Gasteiger partial charge on any atom is -0.493 e. The molecule has 0 spiro atoms. The lowest BCUT2D eigenvalue weighted by atomic mass is 9.94. The van der Waals surface area contributed by atoms with Crippen LogP contribution in [0, 0.1) is 5.92 Å². The largest absolute Gasteiger partial charge is 0.493 e. The lowest BCUT2D eigenvalue weighted by molar-refractivity contribution is 0.0685. The van der Waals surface area contributed by atoms with Crippen LogP contribution >= 0.6 is 0 Å². The van der Waals surface area contributed by atoms with Gasteiger partial charge in [0.05, 0.1) is 26.9 Å². The van der Waals surface area contributed by atoms with Gasteiger partial charge in [0.2, 0.25) is 5.75 Å². The molecule has 0 atom stereocenters. The Labute approximate surface area is 156 Å². The van der Waals surface area contributed by atoms with Gasteiger partial charge in [-0.05, 0) is 25.0 Å². The predicted octanol–water partition coefficient (Wildman–Crippen LogP) is 2.46. The molecular weight excluding hydrogens is 352 g/mol. The molecule has 1 aliphatic rings. The van der Waals surface area contributed by atoms with Crippen molar-refractivity contribution in [3.63, 3.8) is 0 Å². The molecule has 0 amide bonds. The lowest BCUT2D eigenvalue weighted by Crippen LogP contribution is -2.10. The Morgan fingerprint density at radius 3 is 2.30 bits per heavy atom. The van der Waals surface area contributed by atoms with Gasteiger partial charge in [-0.2, -0.15) is 0 Å². The number of hydrogen-bond donors (Lipinski definition) is 3. The number of rotatable bonds is 8.